The van der Waals surface area contributed by atoms with E-state index in [-0.39, 0.29) is 23.0 Å². The first kappa shape index (κ1) is 14.6. The highest BCUT2D eigenvalue weighted by atomic mass is 32.1. The third-order valence-electron chi connectivity index (χ3n) is 3.07. The van der Waals surface area contributed by atoms with E-state index in [1.807, 2.05) is 0 Å². The van der Waals surface area contributed by atoms with Gasteiger partial charge in [0.05, 0.1) is 5.92 Å². The number of rotatable bonds is 4. The Morgan fingerprint density at radius 2 is 2.18 bits per heavy atom. The van der Waals surface area contributed by atoms with Crippen molar-refractivity contribution < 1.29 is 18.4 Å². The number of aromatic nitrogens is 1. The second kappa shape index (κ2) is 5.80. The van der Waals surface area contributed by atoms with Crippen LogP contribution in [0.4, 0.5) is 8.78 Å². The quantitative estimate of drug-likeness (QED) is 0.406. The number of nitrogens with zero attached hydrogens (tertiary/aromatic N) is 2. The van der Waals surface area contributed by atoms with Crippen molar-refractivity contribution in [2.24, 2.45) is 16.8 Å². The van der Waals surface area contributed by atoms with Crippen molar-refractivity contribution in [1.29, 1.82) is 0 Å². The van der Waals surface area contributed by atoms with Crippen molar-refractivity contribution in [3.05, 3.63) is 40.9 Å². The summed E-state index contributed by atoms with van der Waals surface area (Å²) in [6.07, 6.45) is 1.61. The van der Waals surface area contributed by atoms with Crippen LogP contribution in [0.2, 0.25) is 0 Å². The Bertz CT molecular complexity index is 756. The molecule has 1 aromatic heterocycles. The summed E-state index contributed by atoms with van der Waals surface area (Å²) < 4.78 is 26.6. The van der Waals surface area contributed by atoms with E-state index in [0.29, 0.717) is 5.01 Å². The molecule has 0 radical (unpaired) electrons. The zero-order valence-electron chi connectivity index (χ0n) is 11.3. The van der Waals surface area contributed by atoms with Gasteiger partial charge in [0.25, 0.3) is 0 Å². The van der Waals surface area contributed by atoms with Gasteiger partial charge in [-0.2, -0.15) is 0 Å². The number of nitrogens with two attached hydrogens (primary N) is 1. The van der Waals surface area contributed by atoms with Crippen LogP contribution in [0.15, 0.2) is 28.7 Å². The average Bonchev–Trinajstić information content (AvgIpc) is 3.22. The van der Waals surface area contributed by atoms with Crippen LogP contribution >= 0.6 is 11.3 Å². The van der Waals surface area contributed by atoms with Crippen LogP contribution in [-0.4, -0.2) is 16.8 Å². The third kappa shape index (κ3) is 3.11. The monoisotopic (exact) mass is 323 g/mol. The second-order valence-electron chi connectivity index (χ2n) is 4.82. The molecule has 2 aromatic rings. The fraction of sp³-hybridized carbons (Fsp3) is 0.214. The van der Waals surface area contributed by atoms with Crippen molar-refractivity contribution in [1.82, 2.24) is 4.98 Å². The first-order valence-corrected chi connectivity index (χ1v) is 7.38. The molecule has 1 saturated carbocycles. The Labute approximate surface area is 128 Å². The molecule has 1 aliphatic carbocycles. The lowest BCUT2D eigenvalue weighted by molar-refractivity contribution is -0.145. The largest absolute Gasteiger partial charge is 0.379 e. The van der Waals surface area contributed by atoms with Gasteiger partial charge in [-0.3, -0.25) is 0 Å². The number of hydrogen-bond donors (Lipinski definition) is 1. The van der Waals surface area contributed by atoms with Crippen LogP contribution < -0.4 is 5.73 Å². The molecule has 5 nitrogen and oxygen atoms in total. The number of carbonyl (C=O) groups is 1. The molecular formula is C14H11F2N3O2S. The molecule has 2 N–H and O–H groups in total. The van der Waals surface area contributed by atoms with Crippen LogP contribution in [-0.2, 0) is 9.63 Å². The average molecular weight is 323 g/mol. The van der Waals surface area contributed by atoms with Gasteiger partial charge in [0, 0.05) is 17.0 Å². The number of amidine groups is 1. The minimum Gasteiger partial charge on any atom is -0.379 e. The van der Waals surface area contributed by atoms with Crippen molar-refractivity contribution in [3.8, 4) is 10.6 Å². The summed E-state index contributed by atoms with van der Waals surface area (Å²) in [6.45, 7) is 0. The molecule has 0 amide bonds. The number of thiazole rings is 1. The van der Waals surface area contributed by atoms with Gasteiger partial charge in [0.2, 0.25) is 0 Å². The molecule has 0 aliphatic heterocycles. The predicted molar refractivity (Wildman–Crippen MR) is 77.0 cm³/mol. The topological polar surface area (TPSA) is 77.6 Å². The molecule has 0 atom stereocenters. The Kier molecular flexibility index (Phi) is 3.84. The summed E-state index contributed by atoms with van der Waals surface area (Å²) in [5.41, 5.74) is 6.12. The van der Waals surface area contributed by atoms with Gasteiger partial charge in [-0.1, -0.05) is 5.16 Å². The molecular weight excluding hydrogens is 312 g/mol. The van der Waals surface area contributed by atoms with Crippen LogP contribution in [0, 0.1) is 17.6 Å². The lowest BCUT2D eigenvalue weighted by Crippen LogP contribution is -2.16. The van der Waals surface area contributed by atoms with E-state index >= 15 is 0 Å². The van der Waals surface area contributed by atoms with E-state index in [1.54, 1.807) is 5.38 Å². The lowest BCUT2D eigenvalue weighted by atomic mass is 10.2. The standard InChI is InChI=1S/C14H11F2N3O2S/c15-8-3-4-9(10(16)5-8)13-18-11(6-22-13)12(17)19-21-14(20)7-1-2-7/h3-7H,1-2H2,(H2,17,19). The number of halogens is 2. The number of oxime groups is 1. The molecule has 114 valence electrons. The van der Waals surface area contributed by atoms with Gasteiger partial charge in [-0.15, -0.1) is 11.3 Å². The molecule has 22 heavy (non-hydrogen) atoms. The van der Waals surface area contributed by atoms with E-state index in [4.69, 9.17) is 10.6 Å². The minimum absolute atomic E-state index is 0.0704. The van der Waals surface area contributed by atoms with Gasteiger partial charge < -0.3 is 10.6 Å². The van der Waals surface area contributed by atoms with Gasteiger partial charge in [0.15, 0.2) is 5.84 Å². The maximum atomic E-state index is 13.7. The highest BCUT2D eigenvalue weighted by Crippen LogP contribution is 2.30. The second-order valence-corrected chi connectivity index (χ2v) is 5.68. The van der Waals surface area contributed by atoms with E-state index in [0.717, 1.165) is 36.3 Å². The molecule has 0 saturated heterocycles. The summed E-state index contributed by atoms with van der Waals surface area (Å²) in [6, 6.07) is 3.23. The summed E-state index contributed by atoms with van der Waals surface area (Å²) >= 11 is 1.13. The fourth-order valence-corrected chi connectivity index (χ4v) is 2.55. The van der Waals surface area contributed by atoms with E-state index < -0.39 is 17.6 Å². The van der Waals surface area contributed by atoms with Crippen molar-refractivity contribution in [2.45, 2.75) is 12.8 Å². The van der Waals surface area contributed by atoms with Crippen molar-refractivity contribution in [2.75, 3.05) is 0 Å². The first-order chi connectivity index (χ1) is 10.5. The molecule has 0 spiro atoms. The highest BCUT2D eigenvalue weighted by Gasteiger charge is 2.31. The fourth-order valence-electron chi connectivity index (χ4n) is 1.71. The van der Waals surface area contributed by atoms with Crippen LogP contribution in [0.25, 0.3) is 10.6 Å². The molecule has 0 bridgehead atoms. The smallest absolute Gasteiger partial charge is 0.338 e. The van der Waals surface area contributed by atoms with Crippen molar-refractivity contribution >= 4 is 23.1 Å². The Morgan fingerprint density at radius 1 is 1.41 bits per heavy atom. The highest BCUT2D eigenvalue weighted by molar-refractivity contribution is 7.13. The predicted octanol–water partition coefficient (Wildman–Crippen LogP) is 2.66. The van der Waals surface area contributed by atoms with Gasteiger partial charge in [-0.05, 0) is 25.0 Å². The molecule has 1 fully saturated rings. The summed E-state index contributed by atoms with van der Waals surface area (Å²) in [4.78, 5) is 20.2. The maximum Gasteiger partial charge on any atom is 0.338 e. The number of carbonyl (C=O) groups excluding carboxylic acids is 1. The minimum atomic E-state index is -0.712. The molecule has 3 rings (SSSR count). The van der Waals surface area contributed by atoms with Gasteiger partial charge in [-0.25, -0.2) is 18.6 Å². The van der Waals surface area contributed by atoms with Crippen LogP contribution in [0.1, 0.15) is 18.5 Å². The van der Waals surface area contributed by atoms with Crippen LogP contribution in [0.3, 0.4) is 0 Å². The molecule has 1 aliphatic rings. The molecule has 1 aromatic carbocycles. The normalized spacial score (nSPS) is 14.9. The molecule has 0 unspecified atom stereocenters. The van der Waals surface area contributed by atoms with Gasteiger partial charge in [0.1, 0.15) is 22.3 Å². The Hall–Kier alpha value is -2.35. The Balaban J connectivity index is 1.77. The maximum absolute atomic E-state index is 13.7. The zero-order chi connectivity index (χ0) is 15.7. The molecule has 1 heterocycles. The van der Waals surface area contributed by atoms with Crippen molar-refractivity contribution in [3.63, 3.8) is 0 Å². The number of benzene rings is 1. The van der Waals surface area contributed by atoms with E-state index in [9.17, 15) is 13.6 Å². The first-order valence-electron chi connectivity index (χ1n) is 6.50. The van der Waals surface area contributed by atoms with Crippen LogP contribution in [0.5, 0.6) is 0 Å². The van der Waals surface area contributed by atoms with E-state index in [2.05, 4.69) is 10.1 Å². The van der Waals surface area contributed by atoms with E-state index in [1.165, 1.54) is 6.07 Å². The number of hydrogen-bond acceptors (Lipinski definition) is 5. The zero-order valence-corrected chi connectivity index (χ0v) is 12.1. The van der Waals surface area contributed by atoms with Gasteiger partial charge >= 0.3 is 5.97 Å². The Morgan fingerprint density at radius 3 is 2.86 bits per heavy atom. The summed E-state index contributed by atoms with van der Waals surface area (Å²) in [7, 11) is 0. The lowest BCUT2D eigenvalue weighted by Gasteiger charge is -1.99. The molecule has 8 heteroatoms. The third-order valence-corrected chi connectivity index (χ3v) is 3.95. The summed E-state index contributed by atoms with van der Waals surface area (Å²) in [5, 5.41) is 5.42. The SMILES string of the molecule is NC(=NOC(=O)C1CC1)c1csc(-c2ccc(F)cc2F)n1. The summed E-state index contributed by atoms with van der Waals surface area (Å²) in [5.74, 6) is -1.94.